The van der Waals surface area contributed by atoms with Crippen LogP contribution in [0.1, 0.15) is 56.2 Å². The fourth-order valence-corrected chi connectivity index (χ4v) is 5.66. The highest BCUT2D eigenvalue weighted by Crippen LogP contribution is 2.39. The van der Waals surface area contributed by atoms with Crippen LogP contribution in [0.3, 0.4) is 0 Å². The minimum Gasteiger partial charge on any atom is -0.466 e. The van der Waals surface area contributed by atoms with Gasteiger partial charge >= 0.3 is 12.0 Å². The smallest absolute Gasteiger partial charge is 0.341 e. The van der Waals surface area contributed by atoms with Crippen molar-refractivity contribution in [3.05, 3.63) is 82.6 Å². The average molecular weight is 602 g/mol. The number of hydrogen-bond donors (Lipinski definition) is 2. The van der Waals surface area contributed by atoms with Crippen LogP contribution in [0.5, 0.6) is 0 Å². The first-order valence-electron chi connectivity index (χ1n) is 13.5. The largest absolute Gasteiger partial charge is 0.466 e. The maximum Gasteiger partial charge on any atom is 0.341 e. The number of nitriles is 1. The molecule has 2 aromatic carbocycles. The predicted octanol–water partition coefficient (Wildman–Crippen LogP) is 4.66. The number of rotatable bonds is 10. The molecule has 0 radical (unpaired) electrons. The minimum absolute atomic E-state index is 0. The number of ether oxygens (including phenoxy) is 1. The van der Waals surface area contributed by atoms with Crippen LogP contribution in [0.15, 0.2) is 59.8 Å². The van der Waals surface area contributed by atoms with E-state index in [0.29, 0.717) is 19.4 Å². The van der Waals surface area contributed by atoms with Gasteiger partial charge in [-0.3, -0.25) is 9.80 Å². The molecule has 2 aliphatic rings. The number of halogens is 3. The third-order valence-corrected chi connectivity index (χ3v) is 7.86. The number of carbonyl (C=O) groups is 3. The maximum atomic E-state index is 14.2. The molecule has 1 unspecified atom stereocenters. The van der Waals surface area contributed by atoms with Crippen LogP contribution >= 0.6 is 12.4 Å². The van der Waals surface area contributed by atoms with Crippen molar-refractivity contribution >= 4 is 30.8 Å². The first-order valence-corrected chi connectivity index (χ1v) is 13.5. The molecule has 3 amide bonds. The summed E-state index contributed by atoms with van der Waals surface area (Å²) in [6, 6.07) is 13.7. The molecule has 1 aliphatic carbocycles. The second-order valence-corrected chi connectivity index (χ2v) is 10.3. The zero-order chi connectivity index (χ0) is 29.6. The summed E-state index contributed by atoms with van der Waals surface area (Å²) in [7, 11) is 1.17. The Balaban J connectivity index is 0.00000484. The van der Waals surface area contributed by atoms with E-state index in [1.54, 1.807) is 0 Å². The zero-order valence-electron chi connectivity index (χ0n) is 23.4. The number of esters is 1. The average Bonchev–Trinajstić information content (AvgIpc) is 2.99. The van der Waals surface area contributed by atoms with Crippen molar-refractivity contribution < 1.29 is 27.9 Å². The minimum atomic E-state index is -1.22. The second kappa shape index (κ2) is 14.2. The molecular weight excluding hydrogens is 568 g/mol. The van der Waals surface area contributed by atoms with E-state index >= 15 is 0 Å². The highest BCUT2D eigenvalue weighted by atomic mass is 35.5. The Morgan fingerprint density at radius 3 is 2.50 bits per heavy atom. The third-order valence-electron chi connectivity index (χ3n) is 7.86. The van der Waals surface area contributed by atoms with Gasteiger partial charge in [-0.2, -0.15) is 5.26 Å². The molecule has 1 heterocycles. The van der Waals surface area contributed by atoms with Crippen molar-refractivity contribution in [3.8, 4) is 6.07 Å². The van der Waals surface area contributed by atoms with Crippen molar-refractivity contribution in [2.45, 2.75) is 56.5 Å². The van der Waals surface area contributed by atoms with Gasteiger partial charge in [0.25, 0.3) is 0 Å². The van der Waals surface area contributed by atoms with Crippen LogP contribution in [-0.4, -0.2) is 54.7 Å². The number of carbonyl (C=O) groups excluding carboxylic acids is 3. The molecule has 4 rings (SSSR count). The van der Waals surface area contributed by atoms with Gasteiger partial charge < -0.3 is 15.4 Å². The number of hydrazine groups is 1. The summed E-state index contributed by atoms with van der Waals surface area (Å²) in [5.41, 5.74) is 0.817. The number of nitrogens with one attached hydrogen (secondary N) is 2. The van der Waals surface area contributed by atoms with E-state index in [0.717, 1.165) is 53.4 Å². The molecule has 1 atom stereocenters. The number of methoxy groups -OCH3 is 1. The Morgan fingerprint density at radius 2 is 1.90 bits per heavy atom. The van der Waals surface area contributed by atoms with Crippen molar-refractivity contribution in [1.29, 1.82) is 5.26 Å². The molecular formula is C30H34ClF2N5O4. The van der Waals surface area contributed by atoms with Gasteiger partial charge in [-0.15, -0.1) is 12.4 Å². The van der Waals surface area contributed by atoms with Crippen LogP contribution in [0.25, 0.3) is 0 Å². The summed E-state index contributed by atoms with van der Waals surface area (Å²) < 4.78 is 32.8. The summed E-state index contributed by atoms with van der Waals surface area (Å²) in [5.74, 6) is -3.02. The predicted molar refractivity (Wildman–Crippen MR) is 153 cm³/mol. The Morgan fingerprint density at radius 1 is 1.21 bits per heavy atom. The van der Waals surface area contributed by atoms with Gasteiger partial charge in [0, 0.05) is 18.3 Å². The molecule has 12 heteroatoms. The third kappa shape index (κ3) is 6.72. The second-order valence-electron chi connectivity index (χ2n) is 10.3. The van der Waals surface area contributed by atoms with Gasteiger partial charge in [0.15, 0.2) is 11.6 Å². The lowest BCUT2D eigenvalue weighted by Gasteiger charge is -2.42. The highest BCUT2D eigenvalue weighted by molar-refractivity contribution is 5.95. The number of hydrogen-bond acceptors (Lipinski definition) is 6. The zero-order valence-corrected chi connectivity index (χ0v) is 24.3. The summed E-state index contributed by atoms with van der Waals surface area (Å²) in [6.07, 6.45) is 4.03. The van der Waals surface area contributed by atoms with Crippen molar-refractivity contribution in [2.75, 3.05) is 20.2 Å². The molecule has 0 saturated heterocycles. The van der Waals surface area contributed by atoms with E-state index in [9.17, 15) is 28.4 Å². The lowest BCUT2D eigenvalue weighted by Crippen LogP contribution is -2.56. The fraction of sp³-hybridized carbons (Fsp3) is 0.400. The molecule has 2 aromatic rings. The Labute approximate surface area is 249 Å². The normalized spacial score (nSPS) is 22.0. The Bertz CT molecular complexity index is 1360. The van der Waals surface area contributed by atoms with Crippen LogP contribution in [0, 0.1) is 23.0 Å². The highest BCUT2D eigenvalue weighted by Gasteiger charge is 2.42. The lowest BCUT2D eigenvalue weighted by atomic mass is 9.69. The molecule has 2 N–H and O–H groups in total. The van der Waals surface area contributed by atoms with Gasteiger partial charge in [0.1, 0.15) is 6.04 Å². The molecule has 42 heavy (non-hydrogen) atoms. The van der Waals surface area contributed by atoms with Crippen molar-refractivity contribution in [3.63, 3.8) is 0 Å². The fourth-order valence-electron chi connectivity index (χ4n) is 5.66. The molecule has 0 aromatic heterocycles. The van der Waals surface area contributed by atoms with Crippen LogP contribution in [0.2, 0.25) is 0 Å². The summed E-state index contributed by atoms with van der Waals surface area (Å²) in [5, 5.41) is 18.1. The van der Waals surface area contributed by atoms with Gasteiger partial charge in [-0.05, 0) is 68.8 Å². The molecule has 1 saturated carbocycles. The number of allylic oxidation sites excluding steroid dienone is 1. The van der Waals surface area contributed by atoms with Gasteiger partial charge in [-0.25, -0.2) is 23.4 Å². The van der Waals surface area contributed by atoms with E-state index in [2.05, 4.69) is 16.7 Å². The van der Waals surface area contributed by atoms with E-state index < -0.39 is 35.1 Å². The lowest BCUT2D eigenvalue weighted by molar-refractivity contribution is -0.141. The summed E-state index contributed by atoms with van der Waals surface area (Å²) >= 11 is 0. The van der Waals surface area contributed by atoms with E-state index in [1.165, 1.54) is 20.1 Å². The Kier molecular flexibility index (Phi) is 11.0. The summed E-state index contributed by atoms with van der Waals surface area (Å²) in [6.45, 7) is 2.13. The number of urea groups is 1. The first kappa shape index (κ1) is 32.5. The van der Waals surface area contributed by atoms with Gasteiger partial charge in [0.2, 0.25) is 6.41 Å². The number of benzene rings is 2. The van der Waals surface area contributed by atoms with Crippen LogP contribution in [-0.2, 0) is 19.7 Å². The van der Waals surface area contributed by atoms with E-state index in [1.807, 2.05) is 30.3 Å². The van der Waals surface area contributed by atoms with Crippen LogP contribution < -0.4 is 10.6 Å². The molecule has 1 aliphatic heterocycles. The number of amides is 3. The quantitative estimate of drug-likeness (QED) is 0.233. The van der Waals surface area contributed by atoms with Crippen molar-refractivity contribution in [1.82, 2.24) is 20.7 Å². The van der Waals surface area contributed by atoms with E-state index in [4.69, 9.17) is 4.74 Å². The maximum absolute atomic E-state index is 14.2. The Hall–Kier alpha value is -4.01. The number of nitrogens with zero attached hydrogens (tertiary/aromatic N) is 3. The molecule has 0 spiro atoms. The van der Waals surface area contributed by atoms with E-state index in [-0.39, 0.29) is 41.8 Å². The first-order chi connectivity index (χ1) is 19.7. The topological polar surface area (TPSA) is 115 Å². The van der Waals surface area contributed by atoms with Gasteiger partial charge in [-0.1, -0.05) is 36.4 Å². The van der Waals surface area contributed by atoms with Gasteiger partial charge in [0.05, 0.1) is 24.2 Å². The molecule has 224 valence electrons. The van der Waals surface area contributed by atoms with Crippen LogP contribution in [0.4, 0.5) is 13.6 Å². The summed E-state index contributed by atoms with van der Waals surface area (Å²) in [4.78, 5) is 38.0. The standard InChI is InChI=1S/C30H33F2N5O4.ClH/c1-20-26(28(39)41-2)27(21-9-10-24(31)25(32)17-21)37(29(40)35-20)36(19-38)16-6-15-34-23-11-13-30(18-33,14-12-23)22-7-4-3-5-8-22;/h3-5,7-10,17,19,23,27,34H,6,11-16H2,1-2H3,(H,35,40);1H. The SMILES string of the molecule is COC(=O)C1=C(C)NC(=O)N(N(C=O)CCCNC2CCC(C#N)(c3ccccc3)CC2)C1c1ccc(F)c(F)c1.Cl. The monoisotopic (exact) mass is 601 g/mol. The van der Waals surface area contributed by atoms with Crippen molar-refractivity contribution in [2.24, 2.45) is 0 Å². The molecule has 9 nitrogen and oxygen atoms in total. The molecule has 1 fully saturated rings. The molecule has 0 bridgehead atoms.